The first-order chi connectivity index (χ1) is 14.1. The van der Waals surface area contributed by atoms with Gasteiger partial charge in [-0.2, -0.15) is 5.10 Å². The first kappa shape index (κ1) is 17.9. The molecule has 1 spiro atoms. The van der Waals surface area contributed by atoms with Gasteiger partial charge < -0.3 is 9.64 Å². The van der Waals surface area contributed by atoms with Gasteiger partial charge in [0.1, 0.15) is 6.33 Å². The fourth-order valence-electron chi connectivity index (χ4n) is 3.90. The number of fused-ring (bicyclic) bond motifs is 3. The second-order valence-electron chi connectivity index (χ2n) is 6.75. The molecular formula is C20H17N5O3S. The molecule has 146 valence electrons. The van der Waals surface area contributed by atoms with Gasteiger partial charge in [-0.1, -0.05) is 48.2 Å². The second kappa shape index (κ2) is 6.71. The van der Waals surface area contributed by atoms with E-state index < -0.39 is 5.72 Å². The van der Waals surface area contributed by atoms with Crippen molar-refractivity contribution in [3.8, 4) is 0 Å². The minimum absolute atomic E-state index is 0.0772. The summed E-state index contributed by atoms with van der Waals surface area (Å²) in [4.78, 5) is 34.0. The van der Waals surface area contributed by atoms with E-state index in [-0.39, 0.29) is 24.2 Å². The smallest absolute Gasteiger partial charge is 0.285 e. The highest BCUT2D eigenvalue weighted by molar-refractivity contribution is 7.99. The first-order valence-electron chi connectivity index (χ1n) is 9.03. The molecular weight excluding hydrogens is 390 g/mol. The van der Waals surface area contributed by atoms with E-state index in [2.05, 4.69) is 15.2 Å². The van der Waals surface area contributed by atoms with Gasteiger partial charge >= 0.3 is 0 Å². The molecule has 29 heavy (non-hydrogen) atoms. The van der Waals surface area contributed by atoms with Crippen LogP contribution in [0, 0.1) is 0 Å². The summed E-state index contributed by atoms with van der Waals surface area (Å²) < 4.78 is 6.20. The van der Waals surface area contributed by atoms with E-state index in [1.165, 1.54) is 23.0 Å². The molecule has 1 aromatic heterocycles. The van der Waals surface area contributed by atoms with E-state index in [0.29, 0.717) is 16.4 Å². The third-order valence-corrected chi connectivity index (χ3v) is 6.05. The quantitative estimate of drug-likeness (QED) is 0.670. The molecule has 2 amide bonds. The number of carbonyl (C=O) groups excluding carboxylic acids is 2. The molecule has 1 atom stereocenters. The largest absolute Gasteiger partial charge is 0.338 e. The van der Waals surface area contributed by atoms with E-state index in [0.717, 1.165) is 11.3 Å². The lowest BCUT2D eigenvalue weighted by molar-refractivity contribution is -0.152. The molecule has 9 heteroatoms. The minimum Gasteiger partial charge on any atom is -0.338 e. The Morgan fingerprint density at radius 2 is 1.97 bits per heavy atom. The molecule has 0 saturated carbocycles. The second-order valence-corrected chi connectivity index (χ2v) is 7.72. The third kappa shape index (κ3) is 2.58. The van der Waals surface area contributed by atoms with Gasteiger partial charge in [0, 0.05) is 18.2 Å². The van der Waals surface area contributed by atoms with Crippen LogP contribution in [-0.2, 0) is 26.7 Å². The summed E-state index contributed by atoms with van der Waals surface area (Å²) in [5.41, 5.74) is 1.42. The van der Waals surface area contributed by atoms with Crippen molar-refractivity contribution in [3.05, 3.63) is 66.0 Å². The van der Waals surface area contributed by atoms with Crippen molar-refractivity contribution >= 4 is 35.0 Å². The van der Waals surface area contributed by atoms with Crippen LogP contribution in [0.15, 0.2) is 60.0 Å². The predicted octanol–water partition coefficient (Wildman–Crippen LogP) is 2.29. The van der Waals surface area contributed by atoms with E-state index >= 15 is 0 Å². The number of thioether (sulfide) groups is 1. The van der Waals surface area contributed by atoms with Gasteiger partial charge in [0.2, 0.25) is 5.91 Å². The van der Waals surface area contributed by atoms with Gasteiger partial charge in [0.05, 0.1) is 23.7 Å². The average Bonchev–Trinajstić information content (AvgIpc) is 3.35. The van der Waals surface area contributed by atoms with Crippen LogP contribution in [-0.4, -0.2) is 39.8 Å². The predicted molar refractivity (Wildman–Crippen MR) is 107 cm³/mol. The van der Waals surface area contributed by atoms with Crippen molar-refractivity contribution in [2.45, 2.75) is 17.5 Å². The highest BCUT2D eigenvalue weighted by Crippen LogP contribution is 2.49. The maximum atomic E-state index is 13.5. The van der Waals surface area contributed by atoms with Gasteiger partial charge in [-0.05, 0) is 12.1 Å². The summed E-state index contributed by atoms with van der Waals surface area (Å²) in [6.45, 7) is 0.239. The van der Waals surface area contributed by atoms with Gasteiger partial charge in [-0.25, -0.2) is 4.98 Å². The zero-order valence-corrected chi connectivity index (χ0v) is 16.3. The molecule has 2 aromatic carbocycles. The number of rotatable bonds is 3. The Morgan fingerprint density at radius 1 is 1.21 bits per heavy atom. The lowest BCUT2D eigenvalue weighted by Gasteiger charge is -2.43. The zero-order chi connectivity index (χ0) is 20.0. The highest BCUT2D eigenvalue weighted by Gasteiger charge is 2.59. The van der Waals surface area contributed by atoms with E-state index in [9.17, 15) is 9.59 Å². The molecule has 5 rings (SSSR count). The Balaban J connectivity index is 1.63. The van der Waals surface area contributed by atoms with E-state index in [1.807, 2.05) is 48.5 Å². The number of aromatic amines is 1. The molecule has 1 N–H and O–H groups in total. The Hall–Kier alpha value is -3.17. The van der Waals surface area contributed by atoms with Gasteiger partial charge in [0.25, 0.3) is 11.6 Å². The summed E-state index contributed by atoms with van der Waals surface area (Å²) >= 11 is 1.23. The molecule has 2 aliphatic rings. The maximum absolute atomic E-state index is 13.5. The van der Waals surface area contributed by atoms with Crippen molar-refractivity contribution < 1.29 is 14.3 Å². The Labute approximate surface area is 170 Å². The number of ether oxygens (including phenoxy) is 1. The third-order valence-electron chi connectivity index (χ3n) is 5.18. The van der Waals surface area contributed by atoms with Crippen LogP contribution in [0.1, 0.15) is 11.1 Å². The van der Waals surface area contributed by atoms with Gasteiger partial charge in [0.15, 0.2) is 5.16 Å². The number of nitrogens with one attached hydrogen (secondary N) is 1. The number of hydrogen-bond donors (Lipinski definition) is 1. The number of hydrogen-bond acceptors (Lipinski definition) is 6. The van der Waals surface area contributed by atoms with Crippen molar-refractivity contribution in [1.82, 2.24) is 15.2 Å². The summed E-state index contributed by atoms with van der Waals surface area (Å²) in [6.07, 6.45) is 1.39. The summed E-state index contributed by atoms with van der Waals surface area (Å²) in [6, 6.07) is 14.9. The molecule has 0 fully saturated rings. The fraction of sp³-hybridized carbons (Fsp3) is 0.200. The topological polar surface area (TPSA) is 91.4 Å². The van der Waals surface area contributed by atoms with Crippen molar-refractivity contribution in [2.24, 2.45) is 0 Å². The molecule has 2 aliphatic heterocycles. The number of aromatic nitrogens is 3. The van der Waals surface area contributed by atoms with E-state index in [4.69, 9.17) is 4.74 Å². The number of benzene rings is 2. The summed E-state index contributed by atoms with van der Waals surface area (Å²) in [5.74, 6) is -0.462. The molecule has 8 nitrogen and oxygen atoms in total. The van der Waals surface area contributed by atoms with Crippen LogP contribution in [0.2, 0.25) is 0 Å². The van der Waals surface area contributed by atoms with Crippen molar-refractivity contribution in [2.75, 3.05) is 22.6 Å². The Kier molecular flexibility index (Phi) is 4.14. The fourth-order valence-corrected chi connectivity index (χ4v) is 4.52. The lowest BCUT2D eigenvalue weighted by atomic mass is 9.97. The molecule has 0 saturated heterocycles. The maximum Gasteiger partial charge on any atom is 0.285 e. The molecule has 0 unspecified atom stereocenters. The number of likely N-dealkylation sites (N-methyl/N-ethyl adjacent to an activating group) is 1. The standard InChI is InChI=1S/C20H17N5O3S/c1-24-16-9-5-3-7-14(16)20(18(24)27)25(15-8-4-2-6-13(15)10-28-20)17(26)11-29-19-21-12-22-23-19/h2-9,12H,10-11H2,1H3,(H,21,22,23)/t20-/m1/s1. The molecule has 0 aliphatic carbocycles. The number of H-pyrrole nitrogens is 1. The molecule has 0 radical (unpaired) electrons. The van der Waals surface area contributed by atoms with Crippen LogP contribution in [0.25, 0.3) is 0 Å². The molecule has 0 bridgehead atoms. The number of carbonyl (C=O) groups is 2. The van der Waals surface area contributed by atoms with Crippen molar-refractivity contribution in [1.29, 1.82) is 0 Å². The zero-order valence-electron chi connectivity index (χ0n) is 15.5. The lowest BCUT2D eigenvalue weighted by Crippen LogP contribution is -2.59. The normalized spacial score (nSPS) is 20.1. The Bertz CT molecular complexity index is 1100. The van der Waals surface area contributed by atoms with Gasteiger partial charge in [-0.3, -0.25) is 19.6 Å². The van der Waals surface area contributed by atoms with Crippen molar-refractivity contribution in [3.63, 3.8) is 0 Å². The highest BCUT2D eigenvalue weighted by atomic mass is 32.2. The van der Waals surface area contributed by atoms with E-state index in [1.54, 1.807) is 11.9 Å². The Morgan fingerprint density at radius 3 is 2.76 bits per heavy atom. The summed E-state index contributed by atoms with van der Waals surface area (Å²) in [5, 5.41) is 7.07. The van der Waals surface area contributed by atoms with Crippen LogP contribution in [0.5, 0.6) is 0 Å². The SMILES string of the molecule is CN1C(=O)[C@]2(OCc3ccccc3N2C(=O)CSc2ncn[nH]2)c2ccccc21. The van der Waals surface area contributed by atoms with Crippen LogP contribution < -0.4 is 9.80 Å². The number of anilines is 2. The van der Waals surface area contributed by atoms with Crippen LogP contribution >= 0.6 is 11.8 Å². The first-order valence-corrected chi connectivity index (χ1v) is 10.0. The minimum atomic E-state index is -1.52. The number of para-hydroxylation sites is 2. The van der Waals surface area contributed by atoms with Crippen LogP contribution in [0.4, 0.5) is 11.4 Å². The molecule has 3 heterocycles. The molecule has 3 aromatic rings. The van der Waals surface area contributed by atoms with Gasteiger partial charge in [-0.15, -0.1) is 0 Å². The average molecular weight is 407 g/mol. The summed E-state index contributed by atoms with van der Waals surface area (Å²) in [7, 11) is 1.70. The van der Waals surface area contributed by atoms with Crippen LogP contribution in [0.3, 0.4) is 0 Å². The number of nitrogens with zero attached hydrogens (tertiary/aromatic N) is 4. The monoisotopic (exact) mass is 407 g/mol. The number of amides is 2.